The molecular formula is C15H14Cl2O3S. The summed E-state index contributed by atoms with van der Waals surface area (Å²) in [5.41, 5.74) is 2.49. The van der Waals surface area contributed by atoms with Gasteiger partial charge in [-0.25, -0.2) is 8.42 Å². The molecule has 0 N–H and O–H groups in total. The summed E-state index contributed by atoms with van der Waals surface area (Å²) in [7, 11) is 1.61. The summed E-state index contributed by atoms with van der Waals surface area (Å²) >= 11 is 6.14. The lowest BCUT2D eigenvalue weighted by Gasteiger charge is -2.10. The van der Waals surface area contributed by atoms with Crippen LogP contribution in [-0.2, 0) is 15.7 Å². The summed E-state index contributed by atoms with van der Waals surface area (Å²) in [4.78, 5) is 0.0879. The van der Waals surface area contributed by atoms with Gasteiger partial charge in [-0.15, -0.1) is 0 Å². The van der Waals surface area contributed by atoms with Gasteiger partial charge in [-0.1, -0.05) is 23.7 Å². The van der Waals surface area contributed by atoms with Crippen LogP contribution in [0.15, 0.2) is 41.3 Å². The molecule has 0 heterocycles. The molecule has 0 saturated heterocycles. The summed E-state index contributed by atoms with van der Waals surface area (Å²) in [5, 5.41) is 0.645. The third-order valence-corrected chi connectivity index (χ3v) is 4.85. The zero-order valence-corrected chi connectivity index (χ0v) is 13.9. The van der Waals surface area contributed by atoms with Crippen molar-refractivity contribution in [1.29, 1.82) is 0 Å². The quantitative estimate of drug-likeness (QED) is 0.768. The maximum Gasteiger partial charge on any atom is 0.261 e. The van der Waals surface area contributed by atoms with Crippen molar-refractivity contribution in [3.05, 3.63) is 58.1 Å². The van der Waals surface area contributed by atoms with E-state index in [9.17, 15) is 8.42 Å². The molecule has 0 bridgehead atoms. The van der Waals surface area contributed by atoms with Gasteiger partial charge >= 0.3 is 0 Å². The van der Waals surface area contributed by atoms with Crippen LogP contribution in [0, 0.1) is 13.8 Å². The highest BCUT2D eigenvalue weighted by Crippen LogP contribution is 2.25. The minimum atomic E-state index is -3.73. The summed E-state index contributed by atoms with van der Waals surface area (Å²) in [5.74, 6) is 0.563. The number of ether oxygens (including phenoxy) is 1. The van der Waals surface area contributed by atoms with E-state index in [1.165, 1.54) is 6.07 Å². The average molecular weight is 345 g/mol. The first-order chi connectivity index (χ1) is 9.77. The number of hydrogen-bond acceptors (Lipinski definition) is 3. The summed E-state index contributed by atoms with van der Waals surface area (Å²) in [6.45, 7) is 3.94. The molecule has 2 aromatic rings. The Balaban J connectivity index is 2.16. The number of rotatable bonds is 4. The third-order valence-electron chi connectivity index (χ3n) is 3.01. The molecule has 0 aromatic heterocycles. The van der Waals surface area contributed by atoms with Crippen molar-refractivity contribution in [3.63, 3.8) is 0 Å². The lowest BCUT2D eigenvalue weighted by molar-refractivity contribution is 0.306. The van der Waals surface area contributed by atoms with Gasteiger partial charge in [-0.2, -0.15) is 0 Å². The molecule has 3 nitrogen and oxygen atoms in total. The second kappa shape index (κ2) is 6.26. The topological polar surface area (TPSA) is 43.4 Å². The van der Waals surface area contributed by atoms with Crippen molar-refractivity contribution >= 4 is 31.3 Å². The standard InChI is InChI=1S/C15H14Cl2O3S/c1-10-3-4-12(14(16)7-10)9-20-13-5-6-15(11(2)8-13)21(17,18)19/h3-8H,9H2,1-2H3. The van der Waals surface area contributed by atoms with Gasteiger partial charge in [0, 0.05) is 21.3 Å². The Bertz CT molecular complexity index is 770. The molecule has 0 atom stereocenters. The minimum absolute atomic E-state index is 0.0879. The molecule has 2 rings (SSSR count). The molecular weight excluding hydrogens is 331 g/mol. The van der Waals surface area contributed by atoms with Gasteiger partial charge in [-0.3, -0.25) is 0 Å². The van der Waals surface area contributed by atoms with E-state index in [4.69, 9.17) is 27.0 Å². The minimum Gasteiger partial charge on any atom is -0.489 e. The smallest absolute Gasteiger partial charge is 0.261 e. The van der Waals surface area contributed by atoms with E-state index in [-0.39, 0.29) is 4.90 Å². The van der Waals surface area contributed by atoms with Gasteiger partial charge in [0.2, 0.25) is 0 Å². The summed E-state index contributed by atoms with van der Waals surface area (Å²) < 4.78 is 28.3. The van der Waals surface area contributed by atoms with Gasteiger partial charge < -0.3 is 4.74 Å². The van der Waals surface area contributed by atoms with Crippen molar-refractivity contribution in [2.45, 2.75) is 25.3 Å². The Kier molecular flexibility index (Phi) is 4.81. The van der Waals surface area contributed by atoms with Crippen LogP contribution in [0.25, 0.3) is 0 Å². The molecule has 21 heavy (non-hydrogen) atoms. The Morgan fingerprint density at radius 2 is 1.81 bits per heavy atom. The van der Waals surface area contributed by atoms with Crippen LogP contribution < -0.4 is 4.74 Å². The Morgan fingerprint density at radius 1 is 1.10 bits per heavy atom. The van der Waals surface area contributed by atoms with Crippen molar-refractivity contribution < 1.29 is 13.2 Å². The van der Waals surface area contributed by atoms with E-state index in [1.54, 1.807) is 19.1 Å². The van der Waals surface area contributed by atoms with Crippen LogP contribution in [0.2, 0.25) is 5.02 Å². The van der Waals surface area contributed by atoms with Gasteiger partial charge in [0.15, 0.2) is 0 Å². The van der Waals surface area contributed by atoms with E-state index in [1.807, 2.05) is 25.1 Å². The Labute approximate surface area is 133 Å². The predicted molar refractivity (Wildman–Crippen MR) is 84.7 cm³/mol. The zero-order chi connectivity index (χ0) is 15.6. The lowest BCUT2D eigenvalue weighted by atomic mass is 10.1. The van der Waals surface area contributed by atoms with Crippen LogP contribution in [0.3, 0.4) is 0 Å². The maximum atomic E-state index is 11.3. The zero-order valence-electron chi connectivity index (χ0n) is 11.6. The van der Waals surface area contributed by atoms with Crippen molar-refractivity contribution in [2.24, 2.45) is 0 Å². The fourth-order valence-corrected chi connectivity index (χ4v) is 3.40. The summed E-state index contributed by atoms with van der Waals surface area (Å²) in [6.07, 6.45) is 0. The molecule has 0 aliphatic heterocycles. The van der Waals surface area contributed by atoms with Crippen molar-refractivity contribution in [2.75, 3.05) is 0 Å². The van der Waals surface area contributed by atoms with Crippen molar-refractivity contribution in [1.82, 2.24) is 0 Å². The Morgan fingerprint density at radius 3 is 2.38 bits per heavy atom. The van der Waals surface area contributed by atoms with Crippen LogP contribution >= 0.6 is 22.3 Å². The molecule has 0 spiro atoms. The largest absolute Gasteiger partial charge is 0.489 e. The normalized spacial score (nSPS) is 11.4. The molecule has 0 saturated carbocycles. The maximum absolute atomic E-state index is 11.3. The molecule has 0 aliphatic carbocycles. The van der Waals surface area contributed by atoms with E-state index in [2.05, 4.69) is 0 Å². The SMILES string of the molecule is Cc1ccc(COc2ccc(S(=O)(=O)Cl)c(C)c2)c(Cl)c1. The van der Waals surface area contributed by atoms with E-state index < -0.39 is 9.05 Å². The second-order valence-electron chi connectivity index (χ2n) is 4.75. The molecule has 0 amide bonds. The van der Waals surface area contributed by atoms with Gasteiger partial charge in [-0.05, 0) is 49.2 Å². The van der Waals surface area contributed by atoms with Gasteiger partial charge in [0.1, 0.15) is 12.4 Å². The molecule has 0 radical (unpaired) electrons. The number of halogens is 2. The first-order valence-corrected chi connectivity index (χ1v) is 8.89. The third kappa shape index (κ3) is 4.13. The van der Waals surface area contributed by atoms with Gasteiger partial charge in [0.05, 0.1) is 4.90 Å². The second-order valence-corrected chi connectivity index (χ2v) is 7.69. The van der Waals surface area contributed by atoms with E-state index in [0.717, 1.165) is 11.1 Å². The van der Waals surface area contributed by atoms with Crippen molar-refractivity contribution in [3.8, 4) is 5.75 Å². The van der Waals surface area contributed by atoms with Crippen LogP contribution in [-0.4, -0.2) is 8.42 Å². The monoisotopic (exact) mass is 344 g/mol. The lowest BCUT2D eigenvalue weighted by Crippen LogP contribution is -1.99. The molecule has 0 aliphatic rings. The fraction of sp³-hybridized carbons (Fsp3) is 0.200. The highest BCUT2D eigenvalue weighted by molar-refractivity contribution is 8.13. The van der Waals surface area contributed by atoms with Gasteiger partial charge in [0.25, 0.3) is 9.05 Å². The molecule has 6 heteroatoms. The average Bonchev–Trinajstić information content (AvgIpc) is 2.36. The molecule has 112 valence electrons. The van der Waals surface area contributed by atoms with E-state index >= 15 is 0 Å². The van der Waals surface area contributed by atoms with Crippen LogP contribution in [0.1, 0.15) is 16.7 Å². The Hall–Kier alpha value is -1.23. The van der Waals surface area contributed by atoms with Crippen LogP contribution in [0.4, 0.5) is 0 Å². The number of hydrogen-bond donors (Lipinski definition) is 0. The highest BCUT2D eigenvalue weighted by Gasteiger charge is 2.13. The predicted octanol–water partition coefficient (Wildman–Crippen LogP) is 4.46. The molecule has 0 unspecified atom stereocenters. The number of aryl methyl sites for hydroxylation is 2. The fourth-order valence-electron chi connectivity index (χ4n) is 1.92. The highest BCUT2D eigenvalue weighted by atomic mass is 35.7. The first kappa shape index (κ1) is 16.1. The number of benzene rings is 2. The first-order valence-electron chi connectivity index (χ1n) is 6.20. The van der Waals surface area contributed by atoms with E-state index in [0.29, 0.717) is 22.9 Å². The summed E-state index contributed by atoms with van der Waals surface area (Å²) in [6, 6.07) is 10.4. The molecule has 0 fully saturated rings. The molecule has 2 aromatic carbocycles. The van der Waals surface area contributed by atoms with Crippen LogP contribution in [0.5, 0.6) is 5.75 Å².